The summed E-state index contributed by atoms with van der Waals surface area (Å²) in [4.78, 5) is 4.66. The van der Waals surface area contributed by atoms with Crippen LogP contribution in [0.25, 0.3) is 38.8 Å². The van der Waals surface area contributed by atoms with Crippen LogP contribution in [0.3, 0.4) is 0 Å². The van der Waals surface area contributed by atoms with Crippen molar-refractivity contribution in [3.8, 4) is 17.0 Å². The maximum absolute atomic E-state index is 5.58. The number of aromatic nitrogens is 2. The largest absolute Gasteiger partial charge is 0.356 e. The van der Waals surface area contributed by atoms with Gasteiger partial charge < -0.3 is 18.9 Å². The average Bonchev–Trinajstić information content (AvgIpc) is 3.84. The van der Waals surface area contributed by atoms with Crippen LogP contribution in [0.4, 0.5) is 34.1 Å². The summed E-state index contributed by atoms with van der Waals surface area (Å²) in [5.41, 5.74) is 13.3. The van der Waals surface area contributed by atoms with Gasteiger partial charge in [-0.25, -0.2) is 0 Å². The van der Waals surface area contributed by atoms with Gasteiger partial charge in [-0.3, -0.25) is 0 Å². The maximum atomic E-state index is 5.58. The molecule has 0 aliphatic rings. The summed E-state index contributed by atoms with van der Waals surface area (Å²) in [5.74, 6) is 0.771. The first-order valence-corrected chi connectivity index (χ1v) is 17.6. The highest BCUT2D eigenvalue weighted by atomic mass is 16.5. The zero-order valence-electron chi connectivity index (χ0n) is 29.0. The molecule has 0 N–H and O–H groups in total. The van der Waals surface area contributed by atoms with Crippen LogP contribution < -0.4 is 9.80 Å². The molecule has 2 heterocycles. The van der Waals surface area contributed by atoms with Crippen LogP contribution in [-0.4, -0.2) is 9.72 Å². The molecule has 7 aromatic carbocycles. The van der Waals surface area contributed by atoms with E-state index in [1.165, 1.54) is 10.8 Å². The summed E-state index contributed by atoms with van der Waals surface area (Å²) in [6.45, 7) is 4.31. The number of aryl methyl sites for hydroxylation is 2. The Labute approximate surface area is 303 Å². The molecule has 250 valence electrons. The third-order valence-corrected chi connectivity index (χ3v) is 9.79. The van der Waals surface area contributed by atoms with Gasteiger partial charge in [-0.1, -0.05) is 78.0 Å². The number of anilines is 6. The zero-order valence-corrected chi connectivity index (χ0v) is 29.0. The number of benzene rings is 7. The van der Waals surface area contributed by atoms with Crippen LogP contribution in [0, 0.1) is 13.8 Å². The number of hydrogen-bond donors (Lipinski definition) is 0. The molecular formula is C47H36N4O. The van der Waals surface area contributed by atoms with E-state index in [4.69, 9.17) is 4.52 Å². The van der Waals surface area contributed by atoms with Crippen LogP contribution in [-0.2, 0) is 0 Å². The molecule has 2 aromatic heterocycles. The molecule has 0 radical (unpaired) electrons. The first kappa shape index (κ1) is 31.2. The van der Waals surface area contributed by atoms with E-state index in [0.717, 1.165) is 73.3 Å². The van der Waals surface area contributed by atoms with Gasteiger partial charge in [0.1, 0.15) is 0 Å². The van der Waals surface area contributed by atoms with Crippen LogP contribution in [0.1, 0.15) is 11.1 Å². The van der Waals surface area contributed by atoms with Gasteiger partial charge in [0.15, 0.2) is 5.76 Å². The second kappa shape index (κ2) is 13.1. The number of hydrogen-bond acceptors (Lipinski definition) is 4. The van der Waals surface area contributed by atoms with Gasteiger partial charge in [-0.05, 0) is 122 Å². The molecule has 0 amide bonds. The number of fused-ring (bicyclic) bond motifs is 3. The molecule has 52 heavy (non-hydrogen) atoms. The lowest BCUT2D eigenvalue weighted by atomic mass is 10.0. The first-order chi connectivity index (χ1) is 25.6. The molecule has 0 atom stereocenters. The van der Waals surface area contributed by atoms with Crippen molar-refractivity contribution in [1.82, 2.24) is 9.72 Å². The van der Waals surface area contributed by atoms with Gasteiger partial charge in [0.2, 0.25) is 0 Å². The second-order valence-corrected chi connectivity index (χ2v) is 13.1. The van der Waals surface area contributed by atoms with Crippen LogP contribution >= 0.6 is 0 Å². The van der Waals surface area contributed by atoms with E-state index < -0.39 is 0 Å². The van der Waals surface area contributed by atoms with Crippen molar-refractivity contribution in [2.45, 2.75) is 13.8 Å². The van der Waals surface area contributed by atoms with Crippen molar-refractivity contribution in [2.75, 3.05) is 9.80 Å². The number of rotatable bonds is 8. The Balaban J connectivity index is 1.31. The Kier molecular flexibility index (Phi) is 7.86. The first-order valence-electron chi connectivity index (χ1n) is 17.6. The Morgan fingerprint density at radius 2 is 0.885 bits per heavy atom. The molecule has 9 rings (SSSR count). The van der Waals surface area contributed by atoms with E-state index in [1.807, 2.05) is 6.07 Å². The van der Waals surface area contributed by atoms with Crippen LogP contribution in [0.15, 0.2) is 187 Å². The van der Waals surface area contributed by atoms with Crippen LogP contribution in [0.5, 0.6) is 0 Å². The fourth-order valence-corrected chi connectivity index (χ4v) is 7.40. The van der Waals surface area contributed by atoms with Crippen molar-refractivity contribution in [3.63, 3.8) is 0 Å². The lowest BCUT2D eigenvalue weighted by molar-refractivity contribution is 0.432. The quantitative estimate of drug-likeness (QED) is 0.161. The molecule has 0 aliphatic carbocycles. The molecule has 5 heteroatoms. The Bertz CT molecular complexity index is 2410. The molecule has 5 nitrogen and oxygen atoms in total. The predicted molar refractivity (Wildman–Crippen MR) is 215 cm³/mol. The van der Waals surface area contributed by atoms with Crippen molar-refractivity contribution in [2.24, 2.45) is 0 Å². The van der Waals surface area contributed by atoms with Crippen molar-refractivity contribution >= 4 is 55.9 Å². The lowest BCUT2D eigenvalue weighted by Gasteiger charge is -2.26. The van der Waals surface area contributed by atoms with E-state index in [0.29, 0.717) is 0 Å². The molecule has 0 saturated carbocycles. The van der Waals surface area contributed by atoms with E-state index in [2.05, 4.69) is 203 Å². The van der Waals surface area contributed by atoms with E-state index in [-0.39, 0.29) is 0 Å². The highest BCUT2D eigenvalue weighted by molar-refractivity contribution is 6.12. The minimum atomic E-state index is 0.771. The second-order valence-electron chi connectivity index (χ2n) is 13.1. The average molecular weight is 673 g/mol. The predicted octanol–water partition coefficient (Wildman–Crippen LogP) is 13.0. The smallest absolute Gasteiger partial charge is 0.167 e. The summed E-state index contributed by atoms with van der Waals surface area (Å²) < 4.78 is 7.99. The summed E-state index contributed by atoms with van der Waals surface area (Å²) in [6, 6.07) is 62.5. The molecule has 9 aromatic rings. The lowest BCUT2D eigenvalue weighted by Crippen LogP contribution is -2.09. The maximum Gasteiger partial charge on any atom is 0.167 e. The normalized spacial score (nSPS) is 11.3. The van der Waals surface area contributed by atoms with Crippen LogP contribution in [0.2, 0.25) is 0 Å². The topological polar surface area (TPSA) is 37.4 Å². The Morgan fingerprint density at radius 1 is 0.442 bits per heavy atom. The Hall–Kier alpha value is -6.85. The monoisotopic (exact) mass is 672 g/mol. The SMILES string of the molecule is Cc1cc(-n2c3ccc(N(c4ccccc4)c4ccccc4)cc3c3cc(N(c4ccccc4)c4ccccc4)ccc32)c(C)cc1-c1ccno1. The molecule has 0 aliphatic heterocycles. The summed E-state index contributed by atoms with van der Waals surface area (Å²) >= 11 is 0. The summed E-state index contributed by atoms with van der Waals surface area (Å²) in [6.07, 6.45) is 1.70. The standard InChI is InChI=1S/C47H36N4O/c1-33-30-46(34(2)29-41(33)47-27-28-48-52-47)51-44-25-23-39(49(35-15-7-3-8-16-35)36-17-9-4-10-18-36)31-42(44)43-32-40(24-26-45(43)51)50(37-19-11-5-12-20-37)38-21-13-6-14-22-38/h3-32H,1-2H3. The van der Waals surface area contributed by atoms with Gasteiger partial charge in [-0.2, -0.15) is 0 Å². The zero-order chi connectivity index (χ0) is 35.0. The third-order valence-electron chi connectivity index (χ3n) is 9.79. The van der Waals surface area contributed by atoms with Gasteiger partial charge in [0, 0.05) is 62.2 Å². The van der Waals surface area contributed by atoms with E-state index in [1.54, 1.807) is 6.20 Å². The Morgan fingerprint density at radius 3 is 1.29 bits per heavy atom. The van der Waals surface area contributed by atoms with E-state index in [9.17, 15) is 0 Å². The number of para-hydroxylation sites is 4. The minimum absolute atomic E-state index is 0.771. The van der Waals surface area contributed by atoms with Gasteiger partial charge >= 0.3 is 0 Å². The molecular weight excluding hydrogens is 637 g/mol. The molecule has 0 spiro atoms. The summed E-state index contributed by atoms with van der Waals surface area (Å²) in [5, 5.41) is 6.31. The van der Waals surface area contributed by atoms with Gasteiger partial charge in [0.25, 0.3) is 0 Å². The fraction of sp³-hybridized carbons (Fsp3) is 0.0426. The van der Waals surface area contributed by atoms with Gasteiger partial charge in [-0.15, -0.1) is 0 Å². The summed E-state index contributed by atoms with van der Waals surface area (Å²) in [7, 11) is 0. The van der Waals surface area contributed by atoms with Crippen molar-refractivity contribution < 1.29 is 4.52 Å². The fourth-order valence-electron chi connectivity index (χ4n) is 7.40. The van der Waals surface area contributed by atoms with Crippen molar-refractivity contribution in [1.29, 1.82) is 0 Å². The van der Waals surface area contributed by atoms with Crippen molar-refractivity contribution in [3.05, 3.63) is 193 Å². The highest BCUT2D eigenvalue weighted by Gasteiger charge is 2.21. The molecule has 0 saturated heterocycles. The highest BCUT2D eigenvalue weighted by Crippen LogP contribution is 2.43. The minimum Gasteiger partial charge on any atom is -0.356 e. The van der Waals surface area contributed by atoms with E-state index >= 15 is 0 Å². The third kappa shape index (κ3) is 5.49. The number of nitrogens with zero attached hydrogens (tertiary/aromatic N) is 4. The van der Waals surface area contributed by atoms with Gasteiger partial charge in [0.05, 0.1) is 17.2 Å². The molecule has 0 unspecified atom stereocenters. The molecule has 0 fully saturated rings. The molecule has 0 bridgehead atoms.